The highest BCUT2D eigenvalue weighted by atomic mass is 79.9. The van der Waals surface area contributed by atoms with Crippen LogP contribution in [0.1, 0.15) is 16.1 Å². The number of carboxylic acid groups (broad SMARTS) is 1. The zero-order chi connectivity index (χ0) is 15.0. The van der Waals surface area contributed by atoms with Gasteiger partial charge in [0.15, 0.2) is 4.96 Å². The Hall–Kier alpha value is -1.38. The van der Waals surface area contributed by atoms with Crippen LogP contribution in [0.25, 0.3) is 4.96 Å². The maximum atomic E-state index is 11.0. The quantitative estimate of drug-likeness (QED) is 0.672. The van der Waals surface area contributed by atoms with E-state index in [1.54, 1.807) is 11.3 Å². The number of rotatable bonds is 4. The van der Waals surface area contributed by atoms with Crippen molar-refractivity contribution >= 4 is 54.1 Å². The van der Waals surface area contributed by atoms with Crippen molar-refractivity contribution < 1.29 is 14.6 Å². The highest BCUT2D eigenvalue weighted by molar-refractivity contribution is 9.11. The molecule has 0 saturated carbocycles. The summed E-state index contributed by atoms with van der Waals surface area (Å²) in [6.45, 7) is 0.304. The van der Waals surface area contributed by atoms with E-state index in [-0.39, 0.29) is 5.56 Å². The second-order valence-electron chi connectivity index (χ2n) is 4.19. The number of aromatic carboxylic acids is 1. The number of halogens is 2. The van der Waals surface area contributed by atoms with Crippen LogP contribution in [0.2, 0.25) is 0 Å². The largest absolute Gasteiger partial charge is 0.485 e. The fourth-order valence-electron chi connectivity index (χ4n) is 1.81. The maximum absolute atomic E-state index is 11.0. The summed E-state index contributed by atoms with van der Waals surface area (Å²) in [7, 11) is 0. The third kappa shape index (κ3) is 2.97. The first-order valence-electron chi connectivity index (χ1n) is 5.81. The Kier molecular flexibility index (Phi) is 4.01. The van der Waals surface area contributed by atoms with Crippen molar-refractivity contribution in [3.8, 4) is 5.75 Å². The molecule has 108 valence electrons. The Morgan fingerprint density at radius 2 is 2.10 bits per heavy atom. The number of hydrogen-bond acceptors (Lipinski definition) is 4. The molecule has 3 rings (SSSR count). The average molecular weight is 432 g/mol. The molecule has 8 heteroatoms. The summed E-state index contributed by atoms with van der Waals surface area (Å²) in [5.74, 6) is -0.436. The topological polar surface area (TPSA) is 63.8 Å². The van der Waals surface area contributed by atoms with Crippen LogP contribution < -0.4 is 4.74 Å². The summed E-state index contributed by atoms with van der Waals surface area (Å²) >= 11 is 8.20. The molecule has 1 N–H and O–H groups in total. The molecule has 0 amide bonds. The van der Waals surface area contributed by atoms with E-state index in [0.29, 0.717) is 21.3 Å². The Morgan fingerprint density at radius 1 is 1.38 bits per heavy atom. The molecular weight excluding hydrogens is 424 g/mol. The molecule has 0 bridgehead atoms. The van der Waals surface area contributed by atoms with Crippen molar-refractivity contribution in [3.63, 3.8) is 0 Å². The molecular formula is C13H8Br2N2O3S. The summed E-state index contributed by atoms with van der Waals surface area (Å²) < 4.78 is 8.82. The smallest absolute Gasteiger partial charge is 0.335 e. The number of aromatic nitrogens is 2. The second kappa shape index (κ2) is 5.78. The summed E-state index contributed by atoms with van der Waals surface area (Å²) in [6.07, 6.45) is 3.84. The number of nitrogens with zero attached hydrogens (tertiary/aromatic N) is 2. The Labute approximate surface area is 140 Å². The third-order valence-corrected chi connectivity index (χ3v) is 4.70. The molecule has 0 atom stereocenters. The van der Waals surface area contributed by atoms with Crippen LogP contribution in [-0.4, -0.2) is 20.5 Å². The number of ether oxygens (including phenoxy) is 1. The lowest BCUT2D eigenvalue weighted by Crippen LogP contribution is -2.00. The maximum Gasteiger partial charge on any atom is 0.335 e. The number of fused-ring (bicyclic) bond motifs is 1. The van der Waals surface area contributed by atoms with Crippen LogP contribution in [-0.2, 0) is 6.61 Å². The zero-order valence-electron chi connectivity index (χ0n) is 10.4. The molecule has 2 aromatic heterocycles. The Balaban J connectivity index is 1.81. The van der Waals surface area contributed by atoms with E-state index in [4.69, 9.17) is 9.84 Å². The molecule has 0 saturated heterocycles. The predicted octanol–water partition coefficient (Wildman–Crippen LogP) is 4.20. The number of carbonyl (C=O) groups is 1. The number of thiazole rings is 1. The lowest BCUT2D eigenvalue weighted by atomic mass is 10.2. The van der Waals surface area contributed by atoms with Gasteiger partial charge >= 0.3 is 5.97 Å². The van der Waals surface area contributed by atoms with Crippen LogP contribution in [0, 0.1) is 0 Å². The van der Waals surface area contributed by atoms with Gasteiger partial charge in [-0.05, 0) is 44.0 Å². The minimum absolute atomic E-state index is 0.184. The van der Waals surface area contributed by atoms with Gasteiger partial charge < -0.3 is 9.84 Å². The van der Waals surface area contributed by atoms with Gasteiger partial charge in [-0.2, -0.15) is 0 Å². The van der Waals surface area contributed by atoms with E-state index in [0.717, 1.165) is 10.7 Å². The van der Waals surface area contributed by atoms with E-state index >= 15 is 0 Å². The minimum Gasteiger partial charge on any atom is -0.485 e. The molecule has 0 unspecified atom stereocenters. The van der Waals surface area contributed by atoms with E-state index in [9.17, 15) is 4.79 Å². The van der Waals surface area contributed by atoms with Crippen LogP contribution in [0.3, 0.4) is 0 Å². The molecule has 0 spiro atoms. The Bertz CT molecular complexity index is 776. The molecule has 5 nitrogen and oxygen atoms in total. The number of hydrogen-bond donors (Lipinski definition) is 1. The summed E-state index contributed by atoms with van der Waals surface area (Å²) in [4.78, 5) is 16.3. The van der Waals surface area contributed by atoms with Crippen LogP contribution in [0.5, 0.6) is 5.75 Å². The number of carboxylic acids is 1. The molecule has 1 aromatic carbocycles. The molecule has 21 heavy (non-hydrogen) atoms. The minimum atomic E-state index is -0.989. The van der Waals surface area contributed by atoms with Gasteiger partial charge in [0, 0.05) is 17.8 Å². The summed E-state index contributed by atoms with van der Waals surface area (Å²) in [5, 5.41) is 11.0. The van der Waals surface area contributed by atoms with E-state index in [1.807, 2.05) is 22.2 Å². The third-order valence-electron chi connectivity index (χ3n) is 2.75. The molecule has 0 radical (unpaired) electrons. The first-order chi connectivity index (χ1) is 10.0. The standard InChI is InChI=1S/C13H8Br2N2O3S/c14-9-3-7(12(18)19)4-10(15)11(9)20-6-8-5-17-1-2-21-13(17)16-8/h1-5H,6H2,(H,18,19). The van der Waals surface area contributed by atoms with Gasteiger partial charge in [0.05, 0.1) is 20.2 Å². The molecule has 2 heterocycles. The highest BCUT2D eigenvalue weighted by Crippen LogP contribution is 2.35. The van der Waals surface area contributed by atoms with Gasteiger partial charge in [0.1, 0.15) is 12.4 Å². The van der Waals surface area contributed by atoms with Crippen molar-refractivity contribution in [3.05, 3.63) is 50.1 Å². The second-order valence-corrected chi connectivity index (χ2v) is 6.77. The van der Waals surface area contributed by atoms with Crippen LogP contribution in [0.15, 0.2) is 38.9 Å². The fraction of sp³-hybridized carbons (Fsp3) is 0.0769. The van der Waals surface area contributed by atoms with Gasteiger partial charge in [-0.3, -0.25) is 4.40 Å². The summed E-state index contributed by atoms with van der Waals surface area (Å²) in [6, 6.07) is 3.02. The monoisotopic (exact) mass is 430 g/mol. The lowest BCUT2D eigenvalue weighted by Gasteiger charge is -2.10. The first kappa shape index (κ1) is 14.6. The van der Waals surface area contributed by atoms with Gasteiger partial charge in [-0.1, -0.05) is 0 Å². The zero-order valence-corrected chi connectivity index (χ0v) is 14.4. The molecule has 0 fully saturated rings. The van der Waals surface area contributed by atoms with Crippen molar-refractivity contribution in [1.82, 2.24) is 9.38 Å². The van der Waals surface area contributed by atoms with Crippen molar-refractivity contribution in [1.29, 1.82) is 0 Å². The van der Waals surface area contributed by atoms with Crippen molar-refractivity contribution in [2.24, 2.45) is 0 Å². The number of benzene rings is 1. The summed E-state index contributed by atoms with van der Waals surface area (Å²) in [5.41, 5.74) is 0.992. The van der Waals surface area contributed by atoms with E-state index in [2.05, 4.69) is 36.8 Å². The molecule has 3 aromatic rings. The van der Waals surface area contributed by atoms with Crippen LogP contribution in [0.4, 0.5) is 0 Å². The Morgan fingerprint density at radius 3 is 2.71 bits per heavy atom. The van der Waals surface area contributed by atoms with Crippen molar-refractivity contribution in [2.75, 3.05) is 0 Å². The van der Waals surface area contributed by atoms with E-state index in [1.165, 1.54) is 12.1 Å². The number of imidazole rings is 1. The van der Waals surface area contributed by atoms with Gasteiger partial charge in [0.2, 0.25) is 0 Å². The van der Waals surface area contributed by atoms with E-state index < -0.39 is 5.97 Å². The predicted molar refractivity (Wildman–Crippen MR) is 86.2 cm³/mol. The fourth-order valence-corrected chi connectivity index (χ4v) is 3.95. The average Bonchev–Trinajstić information content (AvgIpc) is 2.98. The molecule has 0 aliphatic carbocycles. The van der Waals surface area contributed by atoms with Crippen LogP contribution >= 0.6 is 43.2 Å². The molecule has 0 aliphatic rings. The van der Waals surface area contributed by atoms with Crippen molar-refractivity contribution in [2.45, 2.75) is 6.61 Å². The highest BCUT2D eigenvalue weighted by Gasteiger charge is 2.13. The lowest BCUT2D eigenvalue weighted by molar-refractivity contribution is 0.0696. The SMILES string of the molecule is O=C(O)c1cc(Br)c(OCc2cn3ccsc3n2)c(Br)c1. The molecule has 0 aliphatic heterocycles. The van der Waals surface area contributed by atoms with Gasteiger partial charge in [0.25, 0.3) is 0 Å². The van der Waals surface area contributed by atoms with Gasteiger partial charge in [-0.25, -0.2) is 9.78 Å². The first-order valence-corrected chi connectivity index (χ1v) is 8.27. The normalized spacial score (nSPS) is 11.0. The van der Waals surface area contributed by atoms with Gasteiger partial charge in [-0.15, -0.1) is 11.3 Å².